The highest BCUT2D eigenvalue weighted by Crippen LogP contribution is 2.21. The van der Waals surface area contributed by atoms with Crippen LogP contribution in [0.5, 0.6) is 0 Å². The van der Waals surface area contributed by atoms with Crippen LogP contribution in [-0.4, -0.2) is 47.0 Å². The minimum Gasteiger partial charge on any atom is -0.352 e. The minimum absolute atomic E-state index is 0.710. The number of pyridine rings is 1. The third-order valence-corrected chi connectivity index (χ3v) is 5.63. The smallest absolute Gasteiger partial charge is 0.193 e. The first-order valence-corrected chi connectivity index (χ1v) is 9.26. The van der Waals surface area contributed by atoms with Gasteiger partial charge in [-0.1, -0.05) is 31.2 Å². The second-order valence-corrected chi connectivity index (χ2v) is 7.15. The topological polar surface area (TPSA) is 40.5 Å². The van der Waals surface area contributed by atoms with Crippen molar-refractivity contribution in [1.29, 1.82) is 0 Å². The van der Waals surface area contributed by atoms with Crippen LogP contribution >= 0.6 is 11.8 Å². The van der Waals surface area contributed by atoms with Gasteiger partial charge in [-0.25, -0.2) is 0 Å². The molecule has 1 aliphatic heterocycles. The van der Waals surface area contributed by atoms with Crippen LogP contribution < -0.4 is 5.32 Å². The molecular weight excluding hydrogens is 304 g/mol. The van der Waals surface area contributed by atoms with Crippen LogP contribution in [0.15, 0.2) is 41.5 Å². The van der Waals surface area contributed by atoms with Crippen molar-refractivity contribution in [2.24, 2.45) is 4.99 Å². The summed E-state index contributed by atoms with van der Waals surface area (Å²) >= 11 is 2.08. The Balaban J connectivity index is 1.70. The molecule has 5 heteroatoms. The summed E-state index contributed by atoms with van der Waals surface area (Å²) in [5.41, 5.74) is 2.28. The largest absolute Gasteiger partial charge is 0.352 e. The van der Waals surface area contributed by atoms with Crippen LogP contribution in [0.4, 0.5) is 0 Å². The molecule has 4 nitrogen and oxygen atoms in total. The van der Waals surface area contributed by atoms with E-state index < -0.39 is 0 Å². The molecule has 1 aromatic carbocycles. The summed E-state index contributed by atoms with van der Waals surface area (Å²) in [6.45, 7) is 5.16. The molecule has 2 heterocycles. The number of nitrogens with zero attached hydrogens (tertiary/aromatic N) is 3. The molecule has 2 aromatic rings. The molecule has 1 aromatic heterocycles. The number of nitrogens with one attached hydrogen (secondary N) is 1. The standard InChI is InChI=1S/C18H24N4S/c1-3-16-13-22(10-11-23-16)18(19-2)21-12-15-7-4-6-14-8-5-9-20-17(14)15/h4-9,16H,3,10-13H2,1-2H3,(H,19,21). The highest BCUT2D eigenvalue weighted by molar-refractivity contribution is 8.00. The van der Waals surface area contributed by atoms with Crippen LogP contribution in [0.2, 0.25) is 0 Å². The predicted octanol–water partition coefficient (Wildman–Crippen LogP) is 3.14. The van der Waals surface area contributed by atoms with E-state index in [-0.39, 0.29) is 0 Å². The summed E-state index contributed by atoms with van der Waals surface area (Å²) in [6, 6.07) is 10.4. The molecule has 3 rings (SSSR count). The van der Waals surface area contributed by atoms with Crippen molar-refractivity contribution in [3.8, 4) is 0 Å². The van der Waals surface area contributed by atoms with E-state index in [4.69, 9.17) is 0 Å². The number of hydrogen-bond acceptors (Lipinski definition) is 3. The van der Waals surface area contributed by atoms with Crippen molar-refractivity contribution in [2.45, 2.75) is 25.1 Å². The molecule has 0 saturated carbocycles. The fourth-order valence-electron chi connectivity index (χ4n) is 2.98. The first-order chi connectivity index (χ1) is 11.3. The summed E-state index contributed by atoms with van der Waals surface area (Å²) in [4.78, 5) is 11.4. The predicted molar refractivity (Wildman–Crippen MR) is 100 cm³/mol. The van der Waals surface area contributed by atoms with Gasteiger partial charge in [-0.05, 0) is 18.1 Å². The van der Waals surface area contributed by atoms with E-state index in [2.05, 4.69) is 63.1 Å². The van der Waals surface area contributed by atoms with E-state index in [9.17, 15) is 0 Å². The Morgan fingerprint density at radius 3 is 3.09 bits per heavy atom. The highest BCUT2D eigenvalue weighted by Gasteiger charge is 2.21. The van der Waals surface area contributed by atoms with Gasteiger partial charge in [-0.3, -0.25) is 9.98 Å². The Labute approximate surface area is 142 Å². The molecule has 0 bridgehead atoms. The Kier molecular flexibility index (Phi) is 5.39. The van der Waals surface area contributed by atoms with Crippen molar-refractivity contribution in [1.82, 2.24) is 15.2 Å². The average Bonchev–Trinajstić information content (AvgIpc) is 2.62. The number of aromatic nitrogens is 1. The lowest BCUT2D eigenvalue weighted by molar-refractivity contribution is 0.408. The average molecular weight is 328 g/mol. The first-order valence-electron chi connectivity index (χ1n) is 8.21. The molecule has 0 aliphatic carbocycles. The molecule has 122 valence electrons. The minimum atomic E-state index is 0.710. The highest BCUT2D eigenvalue weighted by atomic mass is 32.2. The molecule has 1 unspecified atom stereocenters. The Bertz CT molecular complexity index is 680. The summed E-state index contributed by atoms with van der Waals surface area (Å²) in [7, 11) is 1.87. The summed E-state index contributed by atoms with van der Waals surface area (Å²) in [5, 5.41) is 5.41. The van der Waals surface area contributed by atoms with Crippen molar-refractivity contribution in [2.75, 3.05) is 25.9 Å². The molecule has 1 N–H and O–H groups in total. The number of thioether (sulfide) groups is 1. The number of guanidine groups is 1. The Morgan fingerprint density at radius 1 is 1.39 bits per heavy atom. The van der Waals surface area contributed by atoms with E-state index in [1.807, 2.05) is 19.3 Å². The number of hydrogen-bond donors (Lipinski definition) is 1. The number of para-hydroxylation sites is 1. The molecule has 0 amide bonds. The lowest BCUT2D eigenvalue weighted by atomic mass is 10.1. The molecule has 23 heavy (non-hydrogen) atoms. The normalized spacial score (nSPS) is 19.1. The third kappa shape index (κ3) is 3.78. The molecular formula is C18H24N4S. The Hall–Kier alpha value is -1.75. The molecule has 1 saturated heterocycles. The van der Waals surface area contributed by atoms with Gasteiger partial charge < -0.3 is 10.2 Å². The molecule has 1 fully saturated rings. The SMILES string of the molecule is CCC1CN(C(=NC)NCc2cccc3cccnc23)CCS1. The second kappa shape index (κ2) is 7.68. The van der Waals surface area contributed by atoms with Gasteiger partial charge in [0.15, 0.2) is 5.96 Å². The molecule has 0 spiro atoms. The summed E-state index contributed by atoms with van der Waals surface area (Å²) < 4.78 is 0. The van der Waals surface area contributed by atoms with Crippen molar-refractivity contribution >= 4 is 28.6 Å². The number of benzene rings is 1. The lowest BCUT2D eigenvalue weighted by Gasteiger charge is -2.34. The Morgan fingerprint density at radius 2 is 2.26 bits per heavy atom. The maximum absolute atomic E-state index is 4.53. The van der Waals surface area contributed by atoms with E-state index in [1.165, 1.54) is 23.1 Å². The maximum atomic E-state index is 4.53. The van der Waals surface area contributed by atoms with Crippen LogP contribution in [-0.2, 0) is 6.54 Å². The van der Waals surface area contributed by atoms with Gasteiger partial charge in [0, 0.05) is 49.3 Å². The van der Waals surface area contributed by atoms with Crippen LogP contribution in [0.1, 0.15) is 18.9 Å². The first kappa shape index (κ1) is 16.1. The quantitative estimate of drug-likeness (QED) is 0.694. The third-order valence-electron chi connectivity index (χ3n) is 4.26. The van der Waals surface area contributed by atoms with Crippen LogP contribution in [0, 0.1) is 0 Å². The van der Waals surface area contributed by atoms with Gasteiger partial charge in [0.1, 0.15) is 0 Å². The molecule has 0 radical (unpaired) electrons. The van der Waals surface area contributed by atoms with Gasteiger partial charge in [-0.15, -0.1) is 0 Å². The second-order valence-electron chi connectivity index (χ2n) is 5.74. The van der Waals surface area contributed by atoms with E-state index in [0.29, 0.717) is 5.25 Å². The van der Waals surface area contributed by atoms with Gasteiger partial charge in [-0.2, -0.15) is 11.8 Å². The fraction of sp³-hybridized carbons (Fsp3) is 0.444. The van der Waals surface area contributed by atoms with Crippen molar-refractivity contribution < 1.29 is 0 Å². The summed E-state index contributed by atoms with van der Waals surface area (Å²) in [6.07, 6.45) is 3.07. The van der Waals surface area contributed by atoms with Crippen molar-refractivity contribution in [3.05, 3.63) is 42.1 Å². The van der Waals surface area contributed by atoms with Crippen LogP contribution in [0.3, 0.4) is 0 Å². The zero-order valence-electron chi connectivity index (χ0n) is 13.8. The maximum Gasteiger partial charge on any atom is 0.193 e. The van der Waals surface area contributed by atoms with Gasteiger partial charge in [0.25, 0.3) is 0 Å². The summed E-state index contributed by atoms with van der Waals surface area (Å²) in [5.74, 6) is 2.17. The van der Waals surface area contributed by atoms with Gasteiger partial charge in [0.05, 0.1) is 5.52 Å². The number of aliphatic imine (C=N–C) groups is 1. The number of rotatable bonds is 3. The van der Waals surface area contributed by atoms with E-state index in [1.54, 1.807) is 0 Å². The molecule has 1 atom stereocenters. The zero-order valence-corrected chi connectivity index (χ0v) is 14.6. The monoisotopic (exact) mass is 328 g/mol. The van der Waals surface area contributed by atoms with E-state index in [0.717, 1.165) is 31.1 Å². The lowest BCUT2D eigenvalue weighted by Crippen LogP contribution is -2.47. The number of fused-ring (bicyclic) bond motifs is 1. The molecule has 1 aliphatic rings. The van der Waals surface area contributed by atoms with Gasteiger partial charge >= 0.3 is 0 Å². The van der Waals surface area contributed by atoms with Crippen LogP contribution in [0.25, 0.3) is 10.9 Å². The fourth-order valence-corrected chi connectivity index (χ4v) is 4.16. The van der Waals surface area contributed by atoms with Gasteiger partial charge in [0.2, 0.25) is 0 Å². The zero-order chi connectivity index (χ0) is 16.1. The van der Waals surface area contributed by atoms with E-state index >= 15 is 0 Å². The van der Waals surface area contributed by atoms with Crippen molar-refractivity contribution in [3.63, 3.8) is 0 Å².